The van der Waals surface area contributed by atoms with E-state index in [-0.39, 0.29) is 40.0 Å². The molecule has 0 unspecified atom stereocenters. The third-order valence-electron chi connectivity index (χ3n) is 3.30. The van der Waals surface area contributed by atoms with Gasteiger partial charge in [-0.3, -0.25) is 28.8 Å². The van der Waals surface area contributed by atoms with E-state index in [1.807, 2.05) is 13.8 Å². The van der Waals surface area contributed by atoms with Crippen molar-refractivity contribution in [3.63, 3.8) is 0 Å². The molecule has 1 aromatic rings. The van der Waals surface area contributed by atoms with Crippen LogP contribution < -0.4 is 0 Å². The molecule has 0 N–H and O–H groups in total. The molecule has 1 aromatic carbocycles. The highest BCUT2D eigenvalue weighted by Gasteiger charge is 2.37. The Kier molecular flexibility index (Phi) is 6.64. The molecule has 0 spiro atoms. The number of carbonyl (C=O) groups is 5. The Morgan fingerprint density at radius 1 is 1.19 bits per heavy atom. The molecular formula is C15H15N3O8. The highest BCUT2D eigenvalue weighted by Crippen LogP contribution is 2.26. The van der Waals surface area contributed by atoms with Crippen molar-refractivity contribution in [2.24, 2.45) is 0 Å². The topological polar surface area (TPSA) is 144 Å². The summed E-state index contributed by atoms with van der Waals surface area (Å²) in [4.78, 5) is 72.6. The van der Waals surface area contributed by atoms with Gasteiger partial charge in [0, 0.05) is 5.56 Å². The number of fused-ring (bicyclic) bond motifs is 1. The minimum Gasteiger partial charge on any atom is -0.292 e. The molecule has 0 fully saturated rings. The molecule has 0 radical (unpaired) electrons. The van der Waals surface area contributed by atoms with E-state index >= 15 is 0 Å². The Morgan fingerprint density at radius 2 is 1.69 bits per heavy atom. The maximum absolute atomic E-state index is 12.2. The van der Waals surface area contributed by atoms with E-state index in [0.29, 0.717) is 4.90 Å². The lowest BCUT2D eigenvalue weighted by Gasteiger charge is -2.11. The van der Waals surface area contributed by atoms with Crippen LogP contribution in [-0.4, -0.2) is 52.2 Å². The van der Waals surface area contributed by atoms with Crippen LogP contribution in [0.1, 0.15) is 50.5 Å². The van der Waals surface area contributed by atoms with Gasteiger partial charge in [0.1, 0.15) is 0 Å². The highest BCUT2D eigenvalue weighted by molar-refractivity contribution is 6.22. The summed E-state index contributed by atoms with van der Waals surface area (Å²) in [6, 6.07) is 2.28. The summed E-state index contributed by atoms with van der Waals surface area (Å²) < 4.78 is 0. The molecule has 0 bridgehead atoms. The summed E-state index contributed by atoms with van der Waals surface area (Å²) in [7, 11) is 0. The summed E-state index contributed by atoms with van der Waals surface area (Å²) in [5.74, 6) is -2.68. The van der Waals surface area contributed by atoms with E-state index in [9.17, 15) is 34.1 Å². The largest absolute Gasteiger partial charge is 0.296 e. The third kappa shape index (κ3) is 3.71. The molecule has 138 valence electrons. The summed E-state index contributed by atoms with van der Waals surface area (Å²) in [5.41, 5.74) is -0.140. The molecule has 5 amide bonds. The van der Waals surface area contributed by atoms with Crippen molar-refractivity contribution in [3.05, 3.63) is 44.5 Å². The van der Waals surface area contributed by atoms with Crippen molar-refractivity contribution >= 4 is 30.5 Å². The van der Waals surface area contributed by atoms with Gasteiger partial charge >= 0.3 is 0 Å². The van der Waals surface area contributed by atoms with Crippen LogP contribution in [-0.2, 0) is 14.4 Å². The van der Waals surface area contributed by atoms with Crippen molar-refractivity contribution in [1.82, 2.24) is 9.80 Å². The van der Waals surface area contributed by atoms with Crippen molar-refractivity contribution in [3.8, 4) is 0 Å². The minimum absolute atomic E-state index is 0.00615. The fourth-order valence-corrected chi connectivity index (χ4v) is 2.16. The maximum Gasteiger partial charge on any atom is 0.296 e. The second kappa shape index (κ2) is 8.46. The van der Waals surface area contributed by atoms with Gasteiger partial charge in [-0.1, -0.05) is 13.8 Å². The normalized spacial score (nSPS) is 11.9. The predicted molar refractivity (Wildman–Crippen MR) is 84.3 cm³/mol. The molecule has 26 heavy (non-hydrogen) atoms. The summed E-state index contributed by atoms with van der Waals surface area (Å²) >= 11 is 0. The fourth-order valence-electron chi connectivity index (χ4n) is 2.16. The van der Waals surface area contributed by atoms with Crippen LogP contribution in [0.15, 0.2) is 12.1 Å². The van der Waals surface area contributed by atoms with Crippen LogP contribution in [0.2, 0.25) is 0 Å². The molecule has 1 aliphatic rings. The Labute approximate surface area is 147 Å². The molecule has 0 saturated carbocycles. The average molecular weight is 365 g/mol. The Balaban J connectivity index is 0.00000163. The van der Waals surface area contributed by atoms with Gasteiger partial charge in [-0.05, 0) is 24.6 Å². The lowest BCUT2D eigenvalue weighted by atomic mass is 9.99. The number of hydrogen-bond donors (Lipinski definition) is 0. The fraction of sp³-hybridized carbons (Fsp3) is 0.267. The monoisotopic (exact) mass is 365 g/mol. The smallest absolute Gasteiger partial charge is 0.292 e. The quantitative estimate of drug-likeness (QED) is 0.307. The van der Waals surface area contributed by atoms with Crippen molar-refractivity contribution in [2.75, 3.05) is 6.73 Å². The van der Waals surface area contributed by atoms with Gasteiger partial charge in [0.15, 0.2) is 6.73 Å². The second-order valence-corrected chi connectivity index (χ2v) is 4.66. The first-order valence-electron chi connectivity index (χ1n) is 7.33. The maximum atomic E-state index is 12.2. The lowest BCUT2D eigenvalue weighted by molar-refractivity contribution is -0.761. The number of aryl methyl sites for hydroxylation is 1. The second-order valence-electron chi connectivity index (χ2n) is 4.66. The molecule has 0 saturated heterocycles. The van der Waals surface area contributed by atoms with Crippen LogP contribution in [0.4, 0.5) is 0 Å². The molecule has 2 rings (SSSR count). The highest BCUT2D eigenvalue weighted by atomic mass is 17.0. The van der Waals surface area contributed by atoms with E-state index in [2.05, 4.69) is 4.84 Å². The number of amides is 5. The first kappa shape index (κ1) is 20.4. The molecule has 11 nitrogen and oxygen atoms in total. The van der Waals surface area contributed by atoms with Gasteiger partial charge in [0.05, 0.1) is 11.1 Å². The SMILES string of the molecule is CC.Cc1cc2c(cc1C(=O)N(C=O)C=O)C(=O)N(CO[N+](=O)[O-])C2=O. The third-order valence-corrected chi connectivity index (χ3v) is 3.30. The van der Waals surface area contributed by atoms with Gasteiger partial charge < -0.3 is 0 Å². The molecule has 0 atom stereocenters. The number of imide groups is 4. The number of rotatable bonds is 6. The Morgan fingerprint density at radius 3 is 2.15 bits per heavy atom. The zero-order valence-corrected chi connectivity index (χ0v) is 14.1. The number of benzene rings is 1. The first-order valence-corrected chi connectivity index (χ1v) is 7.33. The lowest BCUT2D eigenvalue weighted by Crippen LogP contribution is -2.33. The first-order chi connectivity index (χ1) is 12.3. The predicted octanol–water partition coefficient (Wildman–Crippen LogP) is 0.538. The van der Waals surface area contributed by atoms with Crippen LogP contribution >= 0.6 is 0 Å². The van der Waals surface area contributed by atoms with Gasteiger partial charge in [-0.25, -0.2) is 9.80 Å². The van der Waals surface area contributed by atoms with Crippen LogP contribution in [0.5, 0.6) is 0 Å². The van der Waals surface area contributed by atoms with Gasteiger partial charge in [0.25, 0.3) is 22.8 Å². The molecule has 0 aliphatic carbocycles. The molecule has 1 heterocycles. The molecular weight excluding hydrogens is 350 g/mol. The van der Waals surface area contributed by atoms with Crippen LogP contribution in [0, 0.1) is 17.0 Å². The van der Waals surface area contributed by atoms with E-state index in [1.165, 1.54) is 13.0 Å². The average Bonchev–Trinajstić information content (AvgIpc) is 2.85. The van der Waals surface area contributed by atoms with Crippen LogP contribution in [0.3, 0.4) is 0 Å². The zero-order chi connectivity index (χ0) is 20.0. The van der Waals surface area contributed by atoms with E-state index < -0.39 is 29.5 Å². The number of hydrogen-bond acceptors (Lipinski definition) is 8. The summed E-state index contributed by atoms with van der Waals surface area (Å²) in [6.07, 6.45) is 0.0123. The molecule has 1 aliphatic heterocycles. The minimum atomic E-state index is -1.16. The molecule has 0 aromatic heterocycles. The van der Waals surface area contributed by atoms with E-state index in [1.54, 1.807) is 0 Å². The van der Waals surface area contributed by atoms with Gasteiger partial charge in [-0.15, -0.1) is 10.1 Å². The van der Waals surface area contributed by atoms with Crippen LogP contribution in [0.25, 0.3) is 0 Å². The summed E-state index contributed by atoms with van der Waals surface area (Å²) in [5, 5.41) is 9.04. The molecule has 11 heteroatoms. The summed E-state index contributed by atoms with van der Waals surface area (Å²) in [6.45, 7) is 4.55. The van der Waals surface area contributed by atoms with Crippen molar-refractivity contribution in [2.45, 2.75) is 20.8 Å². The van der Waals surface area contributed by atoms with E-state index in [4.69, 9.17) is 0 Å². The van der Waals surface area contributed by atoms with Crippen molar-refractivity contribution in [1.29, 1.82) is 0 Å². The standard InChI is InChI=1S/C13H9N3O8.C2H6/c1-7-2-9-10(3-8(7)11(19)14(4-17)5-18)13(21)15(12(9)20)6-24-16(22)23;1-2/h2-5H,6H2,1H3;1-2H3. The van der Waals surface area contributed by atoms with Crippen molar-refractivity contribution < 1.29 is 33.9 Å². The number of carbonyl (C=O) groups excluding carboxylic acids is 5. The van der Waals surface area contributed by atoms with Gasteiger partial charge in [-0.2, -0.15) is 0 Å². The Hall–Kier alpha value is -3.63. The Bertz CT molecular complexity index is 781. The number of nitrogens with zero attached hydrogens (tertiary/aromatic N) is 3. The zero-order valence-electron chi connectivity index (χ0n) is 14.1. The van der Waals surface area contributed by atoms with Gasteiger partial charge in [0.2, 0.25) is 12.8 Å². The van der Waals surface area contributed by atoms with E-state index in [0.717, 1.165) is 6.07 Å².